The highest BCUT2D eigenvalue weighted by atomic mass is 19.4. The van der Waals surface area contributed by atoms with Crippen LogP contribution in [0.5, 0.6) is 0 Å². The van der Waals surface area contributed by atoms with Crippen molar-refractivity contribution in [3.8, 4) is 0 Å². The highest BCUT2D eigenvalue weighted by Gasteiger charge is 2.39. The zero-order valence-corrected chi connectivity index (χ0v) is 8.91. The van der Waals surface area contributed by atoms with Crippen molar-refractivity contribution in [1.82, 2.24) is 0 Å². The van der Waals surface area contributed by atoms with Crippen LogP contribution < -0.4 is 5.32 Å². The number of carbonyl (C=O) groups is 1. The lowest BCUT2D eigenvalue weighted by Gasteiger charge is -2.12. The molecule has 0 unspecified atom stereocenters. The summed E-state index contributed by atoms with van der Waals surface area (Å²) < 4.78 is 73.0. The molecule has 8 heteroatoms. The standard InChI is InChI=1S/C10H7F6NO/c1-5-2-6(9(11,12)13)4-7(3-5)17-8(18)10(14,15)16/h2-4H,1H3,(H,17,18). The highest BCUT2D eigenvalue weighted by Crippen LogP contribution is 2.32. The fourth-order valence-corrected chi connectivity index (χ4v) is 1.22. The van der Waals surface area contributed by atoms with Crippen LogP contribution >= 0.6 is 0 Å². The second-order valence-corrected chi connectivity index (χ2v) is 3.54. The van der Waals surface area contributed by atoms with E-state index in [9.17, 15) is 31.1 Å². The van der Waals surface area contributed by atoms with Crippen molar-refractivity contribution < 1.29 is 31.1 Å². The Morgan fingerprint density at radius 3 is 2.06 bits per heavy atom. The molecule has 0 saturated carbocycles. The Labute approximate surface area is 97.6 Å². The lowest BCUT2D eigenvalue weighted by Crippen LogP contribution is -2.30. The molecule has 0 aliphatic heterocycles. The lowest BCUT2D eigenvalue weighted by atomic mass is 10.1. The first kappa shape index (κ1) is 14.3. The second kappa shape index (κ2) is 4.51. The number of amides is 1. The predicted octanol–water partition coefficient (Wildman–Crippen LogP) is 3.51. The number of anilines is 1. The van der Waals surface area contributed by atoms with Gasteiger partial charge in [0.05, 0.1) is 5.56 Å². The Balaban J connectivity index is 3.05. The van der Waals surface area contributed by atoms with Gasteiger partial charge in [-0.05, 0) is 30.7 Å². The molecule has 18 heavy (non-hydrogen) atoms. The Bertz CT molecular complexity index is 462. The molecular formula is C10H7F6NO. The molecule has 0 saturated heterocycles. The smallest absolute Gasteiger partial charge is 0.318 e. The second-order valence-electron chi connectivity index (χ2n) is 3.54. The minimum Gasteiger partial charge on any atom is -0.318 e. The Morgan fingerprint density at radius 2 is 1.61 bits per heavy atom. The van der Waals surface area contributed by atoms with Gasteiger partial charge in [-0.3, -0.25) is 4.79 Å². The van der Waals surface area contributed by atoms with Gasteiger partial charge in [0.1, 0.15) is 0 Å². The van der Waals surface area contributed by atoms with Crippen molar-refractivity contribution >= 4 is 11.6 Å². The van der Waals surface area contributed by atoms with Crippen molar-refractivity contribution in [3.05, 3.63) is 29.3 Å². The number of alkyl halides is 6. The van der Waals surface area contributed by atoms with E-state index in [0.717, 1.165) is 12.1 Å². The fraction of sp³-hybridized carbons (Fsp3) is 0.300. The van der Waals surface area contributed by atoms with Crippen LogP contribution in [0.4, 0.5) is 32.0 Å². The fourth-order valence-electron chi connectivity index (χ4n) is 1.22. The topological polar surface area (TPSA) is 29.1 Å². The van der Waals surface area contributed by atoms with Crippen molar-refractivity contribution in [3.63, 3.8) is 0 Å². The third-order valence-electron chi connectivity index (χ3n) is 1.92. The minimum atomic E-state index is -5.15. The van der Waals surface area contributed by atoms with Crippen LogP contribution in [0.15, 0.2) is 18.2 Å². The average Bonchev–Trinajstić information content (AvgIpc) is 2.13. The first-order valence-electron chi connectivity index (χ1n) is 4.57. The first-order valence-corrected chi connectivity index (χ1v) is 4.57. The zero-order valence-electron chi connectivity index (χ0n) is 8.91. The number of hydrogen-bond acceptors (Lipinski definition) is 1. The van der Waals surface area contributed by atoms with E-state index in [1.165, 1.54) is 12.2 Å². The van der Waals surface area contributed by atoms with E-state index in [4.69, 9.17) is 0 Å². The van der Waals surface area contributed by atoms with Gasteiger partial charge in [-0.1, -0.05) is 0 Å². The molecule has 0 fully saturated rings. The van der Waals surface area contributed by atoms with E-state index in [2.05, 4.69) is 0 Å². The number of halogens is 6. The summed E-state index contributed by atoms with van der Waals surface area (Å²) in [6, 6.07) is 2.22. The Kier molecular flexibility index (Phi) is 3.59. The predicted molar refractivity (Wildman–Crippen MR) is 50.9 cm³/mol. The van der Waals surface area contributed by atoms with Gasteiger partial charge in [0.25, 0.3) is 0 Å². The van der Waals surface area contributed by atoms with Gasteiger partial charge >= 0.3 is 18.3 Å². The summed E-state index contributed by atoms with van der Waals surface area (Å²) in [7, 11) is 0. The molecule has 1 N–H and O–H groups in total. The third kappa shape index (κ3) is 3.64. The monoisotopic (exact) mass is 271 g/mol. The maximum absolute atomic E-state index is 12.4. The van der Waals surface area contributed by atoms with Crippen LogP contribution in [0.1, 0.15) is 11.1 Å². The molecule has 0 aromatic heterocycles. The SMILES string of the molecule is Cc1cc(NC(=O)C(F)(F)F)cc(C(F)(F)F)c1. The Hall–Kier alpha value is -1.73. The number of benzene rings is 1. The first-order chi connectivity index (χ1) is 8.00. The normalized spacial score (nSPS) is 12.4. The van der Waals surface area contributed by atoms with Crippen molar-refractivity contribution in [2.45, 2.75) is 19.3 Å². The molecule has 1 aromatic rings. The molecule has 2 nitrogen and oxygen atoms in total. The highest BCUT2D eigenvalue weighted by molar-refractivity contribution is 5.95. The van der Waals surface area contributed by atoms with Gasteiger partial charge in [-0.2, -0.15) is 26.3 Å². The summed E-state index contributed by atoms with van der Waals surface area (Å²) in [5.74, 6) is -2.32. The van der Waals surface area contributed by atoms with Crippen LogP contribution in [-0.2, 0) is 11.0 Å². The summed E-state index contributed by atoms with van der Waals surface area (Å²) in [6.45, 7) is 1.28. The molecule has 0 aliphatic rings. The number of carbonyl (C=O) groups excluding carboxylic acids is 1. The summed E-state index contributed by atoms with van der Waals surface area (Å²) in [5, 5.41) is 1.37. The number of hydrogen-bond donors (Lipinski definition) is 1. The van der Waals surface area contributed by atoms with Crippen molar-refractivity contribution in [2.24, 2.45) is 0 Å². The number of rotatable bonds is 1. The third-order valence-corrected chi connectivity index (χ3v) is 1.92. The van der Waals surface area contributed by atoms with Gasteiger partial charge < -0.3 is 5.32 Å². The average molecular weight is 271 g/mol. The molecule has 0 spiro atoms. The molecule has 0 atom stereocenters. The van der Waals surface area contributed by atoms with Crippen LogP contribution in [-0.4, -0.2) is 12.1 Å². The van der Waals surface area contributed by atoms with E-state index < -0.39 is 29.5 Å². The van der Waals surface area contributed by atoms with Gasteiger partial charge in [0, 0.05) is 5.69 Å². The van der Waals surface area contributed by atoms with Crippen molar-refractivity contribution in [1.29, 1.82) is 0 Å². The molecule has 0 heterocycles. The Morgan fingerprint density at radius 1 is 1.06 bits per heavy atom. The number of nitrogens with one attached hydrogen (secondary N) is 1. The van der Waals surface area contributed by atoms with E-state index in [0.29, 0.717) is 6.07 Å². The summed E-state index contributed by atoms with van der Waals surface area (Å²) in [6.07, 6.45) is -9.84. The van der Waals surface area contributed by atoms with Crippen molar-refractivity contribution in [2.75, 3.05) is 5.32 Å². The molecule has 1 amide bonds. The van der Waals surface area contributed by atoms with Gasteiger partial charge in [0.15, 0.2) is 0 Å². The molecular weight excluding hydrogens is 264 g/mol. The van der Waals surface area contributed by atoms with Gasteiger partial charge in [-0.15, -0.1) is 0 Å². The quantitative estimate of drug-likeness (QED) is 0.778. The summed E-state index contributed by atoms with van der Waals surface area (Å²) in [5.41, 5.74) is -1.59. The van der Waals surface area contributed by atoms with Crippen LogP contribution in [0, 0.1) is 6.92 Å². The van der Waals surface area contributed by atoms with E-state index >= 15 is 0 Å². The van der Waals surface area contributed by atoms with Gasteiger partial charge in [-0.25, -0.2) is 0 Å². The van der Waals surface area contributed by atoms with Crippen LogP contribution in [0.2, 0.25) is 0 Å². The van der Waals surface area contributed by atoms with E-state index in [-0.39, 0.29) is 5.56 Å². The van der Waals surface area contributed by atoms with E-state index in [1.54, 1.807) is 0 Å². The molecule has 100 valence electrons. The minimum absolute atomic E-state index is 0.0855. The summed E-state index contributed by atoms with van der Waals surface area (Å²) in [4.78, 5) is 10.6. The van der Waals surface area contributed by atoms with E-state index in [1.807, 2.05) is 0 Å². The maximum atomic E-state index is 12.4. The molecule has 1 rings (SSSR count). The lowest BCUT2D eigenvalue weighted by molar-refractivity contribution is -0.167. The number of aryl methyl sites for hydroxylation is 1. The molecule has 0 aliphatic carbocycles. The van der Waals surface area contributed by atoms with Crippen LogP contribution in [0.25, 0.3) is 0 Å². The van der Waals surface area contributed by atoms with Crippen LogP contribution in [0.3, 0.4) is 0 Å². The van der Waals surface area contributed by atoms with Gasteiger partial charge in [0.2, 0.25) is 0 Å². The maximum Gasteiger partial charge on any atom is 0.471 e. The summed E-state index contributed by atoms with van der Waals surface area (Å²) >= 11 is 0. The zero-order chi connectivity index (χ0) is 14.1. The molecule has 0 bridgehead atoms. The molecule has 0 radical (unpaired) electrons. The largest absolute Gasteiger partial charge is 0.471 e. The molecule has 1 aromatic carbocycles.